The predicted octanol–water partition coefficient (Wildman–Crippen LogP) is 3.17. The second kappa shape index (κ2) is 11.8. The SMILES string of the molecule is Br.CCOc1c(C(=O)NC)cc2c(c1F)CN(CC(=O)c1cc3c(c(C(C)(C)C)c1)OCCN3CC(N)=O)C2=N. The van der Waals surface area contributed by atoms with Gasteiger partial charge in [0.2, 0.25) is 5.91 Å². The van der Waals surface area contributed by atoms with E-state index in [1.807, 2.05) is 20.8 Å². The van der Waals surface area contributed by atoms with Gasteiger partial charge in [0.05, 0.1) is 37.5 Å². The maximum Gasteiger partial charge on any atom is 0.254 e. The summed E-state index contributed by atoms with van der Waals surface area (Å²) in [4.78, 5) is 41.0. The van der Waals surface area contributed by atoms with Crippen LogP contribution in [0.5, 0.6) is 11.5 Å². The van der Waals surface area contributed by atoms with Gasteiger partial charge in [0, 0.05) is 35.8 Å². The number of fused-ring (bicyclic) bond motifs is 2. The highest BCUT2D eigenvalue weighted by Gasteiger charge is 2.34. The first-order valence-electron chi connectivity index (χ1n) is 12.8. The van der Waals surface area contributed by atoms with E-state index in [0.29, 0.717) is 30.2 Å². The summed E-state index contributed by atoms with van der Waals surface area (Å²) in [6.07, 6.45) is 0. The number of benzene rings is 2. The van der Waals surface area contributed by atoms with Crippen molar-refractivity contribution < 1.29 is 28.2 Å². The fraction of sp³-hybridized carbons (Fsp3) is 0.429. The number of ketones is 1. The minimum atomic E-state index is -0.712. The van der Waals surface area contributed by atoms with Gasteiger partial charge in [-0.3, -0.25) is 19.8 Å². The molecule has 2 heterocycles. The number of amides is 2. The van der Waals surface area contributed by atoms with Gasteiger partial charge in [-0.1, -0.05) is 20.8 Å². The Labute approximate surface area is 243 Å². The zero-order chi connectivity index (χ0) is 28.6. The largest absolute Gasteiger partial charge is 0.490 e. The van der Waals surface area contributed by atoms with Crippen LogP contribution in [0.3, 0.4) is 0 Å². The maximum atomic E-state index is 15.5. The van der Waals surface area contributed by atoms with Gasteiger partial charge in [0.1, 0.15) is 18.2 Å². The highest BCUT2D eigenvalue weighted by molar-refractivity contribution is 8.93. The predicted molar refractivity (Wildman–Crippen MR) is 155 cm³/mol. The molecule has 40 heavy (non-hydrogen) atoms. The average molecular weight is 621 g/mol. The molecule has 2 aromatic rings. The van der Waals surface area contributed by atoms with Crippen molar-refractivity contribution in [2.24, 2.45) is 5.73 Å². The Morgan fingerprint density at radius 2 is 1.88 bits per heavy atom. The van der Waals surface area contributed by atoms with Gasteiger partial charge < -0.3 is 30.3 Å². The number of anilines is 1. The first-order valence-corrected chi connectivity index (χ1v) is 12.8. The lowest BCUT2D eigenvalue weighted by atomic mass is 9.84. The lowest BCUT2D eigenvalue weighted by Gasteiger charge is -2.35. The number of halogens is 2. The van der Waals surface area contributed by atoms with E-state index in [0.717, 1.165) is 5.56 Å². The molecule has 12 heteroatoms. The minimum absolute atomic E-state index is 0. The first-order chi connectivity index (χ1) is 18.4. The minimum Gasteiger partial charge on any atom is -0.490 e. The number of hydrogen-bond donors (Lipinski definition) is 3. The van der Waals surface area contributed by atoms with Crippen LogP contribution in [-0.2, 0) is 16.8 Å². The Balaban J connectivity index is 0.00000441. The molecule has 0 fully saturated rings. The Bertz CT molecular complexity index is 1370. The molecule has 0 saturated heterocycles. The highest BCUT2D eigenvalue weighted by Crippen LogP contribution is 2.42. The van der Waals surface area contributed by atoms with Crippen molar-refractivity contribution >= 4 is 46.1 Å². The van der Waals surface area contributed by atoms with Gasteiger partial charge in [-0.25, -0.2) is 4.39 Å². The molecule has 2 amide bonds. The van der Waals surface area contributed by atoms with Crippen LogP contribution in [0, 0.1) is 11.2 Å². The van der Waals surface area contributed by atoms with Crippen LogP contribution >= 0.6 is 17.0 Å². The molecule has 216 valence electrons. The lowest BCUT2D eigenvalue weighted by Crippen LogP contribution is -2.40. The Morgan fingerprint density at radius 3 is 2.48 bits per heavy atom. The monoisotopic (exact) mass is 619 g/mol. The van der Waals surface area contributed by atoms with E-state index >= 15 is 4.39 Å². The molecule has 0 aromatic heterocycles. The molecular formula is C28H35BrFN5O5. The number of nitrogens with zero attached hydrogens (tertiary/aromatic N) is 2. The third-order valence-corrected chi connectivity index (χ3v) is 6.83. The second-order valence-electron chi connectivity index (χ2n) is 10.6. The van der Waals surface area contributed by atoms with E-state index in [1.165, 1.54) is 18.0 Å². The maximum absolute atomic E-state index is 15.5. The number of primary amides is 1. The molecule has 2 aliphatic rings. The molecule has 10 nitrogen and oxygen atoms in total. The van der Waals surface area contributed by atoms with E-state index < -0.39 is 17.6 Å². The molecule has 4 N–H and O–H groups in total. The average Bonchev–Trinajstić information content (AvgIpc) is 3.19. The molecule has 0 unspecified atom stereocenters. The lowest BCUT2D eigenvalue weighted by molar-refractivity contribution is -0.116. The van der Waals surface area contributed by atoms with Crippen molar-refractivity contribution in [3.05, 3.63) is 51.8 Å². The summed E-state index contributed by atoms with van der Waals surface area (Å²) in [5.74, 6) is -1.65. The number of amidine groups is 1. The summed E-state index contributed by atoms with van der Waals surface area (Å²) in [7, 11) is 1.43. The Hall–Kier alpha value is -3.67. The molecule has 2 aromatic carbocycles. The van der Waals surface area contributed by atoms with Crippen molar-refractivity contribution in [3.8, 4) is 11.5 Å². The molecule has 0 radical (unpaired) electrons. The molecular weight excluding hydrogens is 585 g/mol. The summed E-state index contributed by atoms with van der Waals surface area (Å²) >= 11 is 0. The number of hydrogen-bond acceptors (Lipinski definition) is 7. The number of carbonyl (C=O) groups excluding carboxylic acids is 3. The third kappa shape index (κ3) is 5.77. The van der Waals surface area contributed by atoms with Gasteiger partial charge in [0.25, 0.3) is 5.91 Å². The number of nitrogens with one attached hydrogen (secondary N) is 2. The highest BCUT2D eigenvalue weighted by atomic mass is 79.9. The smallest absolute Gasteiger partial charge is 0.254 e. The van der Waals surface area contributed by atoms with Crippen LogP contribution in [0.2, 0.25) is 0 Å². The molecule has 0 bridgehead atoms. The van der Waals surface area contributed by atoms with Gasteiger partial charge in [-0.05, 0) is 30.5 Å². The summed E-state index contributed by atoms with van der Waals surface area (Å²) < 4.78 is 26.9. The van der Waals surface area contributed by atoms with Gasteiger partial charge >= 0.3 is 0 Å². The van der Waals surface area contributed by atoms with Crippen molar-refractivity contribution in [2.75, 3.05) is 44.8 Å². The van der Waals surface area contributed by atoms with Crippen molar-refractivity contribution in [3.63, 3.8) is 0 Å². The molecule has 0 saturated carbocycles. The Morgan fingerprint density at radius 1 is 1.18 bits per heavy atom. The van der Waals surface area contributed by atoms with Gasteiger partial charge in [-0.15, -0.1) is 17.0 Å². The number of rotatable bonds is 8. The number of carbonyl (C=O) groups is 3. The molecule has 2 aliphatic heterocycles. The van der Waals surface area contributed by atoms with Crippen LogP contribution in [0.25, 0.3) is 0 Å². The van der Waals surface area contributed by atoms with Crippen LogP contribution in [0.15, 0.2) is 18.2 Å². The first kappa shape index (κ1) is 30.9. The summed E-state index contributed by atoms with van der Waals surface area (Å²) in [6, 6.07) is 4.89. The van der Waals surface area contributed by atoms with Crippen LogP contribution in [0.1, 0.15) is 65.1 Å². The molecule has 4 rings (SSSR count). The van der Waals surface area contributed by atoms with Crippen LogP contribution in [0.4, 0.5) is 10.1 Å². The zero-order valence-electron chi connectivity index (χ0n) is 23.3. The van der Waals surface area contributed by atoms with Crippen LogP contribution < -0.4 is 25.4 Å². The standard InChI is InChI=1S/C28H34FN5O5.BrH/c1-6-38-24-17(27(37)32-5)11-16-18(23(24)29)12-34(26(16)31)13-21(35)15-9-19(28(2,3)4)25-20(10-15)33(7-8-39-25)14-22(30)36;/h9-11,31H,6-8,12-14H2,1-5H3,(H2,30,36)(H,32,37);1H. The Kier molecular flexibility index (Phi) is 9.13. The van der Waals surface area contributed by atoms with E-state index in [-0.39, 0.29) is 82.7 Å². The normalized spacial score (nSPS) is 14.1. The zero-order valence-corrected chi connectivity index (χ0v) is 25.0. The van der Waals surface area contributed by atoms with Crippen LogP contribution in [-0.4, -0.2) is 68.2 Å². The third-order valence-electron chi connectivity index (χ3n) is 6.83. The number of nitrogens with two attached hydrogens (primary N) is 1. The summed E-state index contributed by atoms with van der Waals surface area (Å²) in [5, 5.41) is 11.1. The van der Waals surface area contributed by atoms with Gasteiger partial charge in [0.15, 0.2) is 17.3 Å². The van der Waals surface area contributed by atoms with E-state index in [1.54, 1.807) is 24.0 Å². The van der Waals surface area contributed by atoms with E-state index in [9.17, 15) is 14.4 Å². The second-order valence-corrected chi connectivity index (χ2v) is 10.6. The fourth-order valence-corrected chi connectivity index (χ4v) is 4.91. The quantitative estimate of drug-likeness (QED) is 0.386. The summed E-state index contributed by atoms with van der Waals surface area (Å²) in [6.45, 7) is 8.45. The molecule has 0 aliphatic carbocycles. The number of ether oxygens (including phenoxy) is 2. The topological polar surface area (TPSA) is 138 Å². The van der Waals surface area contributed by atoms with E-state index in [2.05, 4.69) is 5.32 Å². The fourth-order valence-electron chi connectivity index (χ4n) is 4.91. The molecule has 0 atom stereocenters. The molecule has 0 spiro atoms. The number of Topliss-reactive ketones (excluding diaryl/α,β-unsaturated/α-hetero) is 1. The van der Waals surface area contributed by atoms with E-state index in [4.69, 9.17) is 20.6 Å². The van der Waals surface area contributed by atoms with Crippen molar-refractivity contribution in [2.45, 2.75) is 39.7 Å². The van der Waals surface area contributed by atoms with Crippen molar-refractivity contribution in [1.29, 1.82) is 5.41 Å². The van der Waals surface area contributed by atoms with Gasteiger partial charge in [-0.2, -0.15) is 0 Å². The summed E-state index contributed by atoms with van der Waals surface area (Å²) in [5.41, 5.74) is 7.32. The van der Waals surface area contributed by atoms with Crippen molar-refractivity contribution in [1.82, 2.24) is 10.2 Å².